The van der Waals surface area contributed by atoms with Gasteiger partial charge >= 0.3 is 0 Å². The highest BCUT2D eigenvalue weighted by atomic mass is 16.1. The van der Waals surface area contributed by atoms with Crippen LogP contribution in [0.4, 0.5) is 0 Å². The minimum Gasteiger partial charge on any atom is -0.294 e. The van der Waals surface area contributed by atoms with Crippen LogP contribution in [-0.2, 0) is 4.79 Å². The number of Topliss-reactive ketones (excluding diaryl/α,β-unsaturated/α-hetero) is 1. The molecule has 4 fully saturated rings. The van der Waals surface area contributed by atoms with E-state index in [4.69, 9.17) is 0 Å². The first-order valence-corrected chi connectivity index (χ1v) is 9.32. The zero-order valence-electron chi connectivity index (χ0n) is 14.3. The van der Waals surface area contributed by atoms with Crippen molar-refractivity contribution >= 4 is 5.78 Å². The quantitative estimate of drug-likeness (QED) is 0.553. The second-order valence-electron chi connectivity index (χ2n) is 9.06. The lowest BCUT2D eigenvalue weighted by Gasteiger charge is -2.59. The Morgan fingerprint density at radius 3 is 2.55 bits per heavy atom. The molecule has 0 bridgehead atoms. The molecule has 1 nitrogen and oxygen atoms in total. The summed E-state index contributed by atoms with van der Waals surface area (Å²) in [5.41, 5.74) is 2.16. The monoisotopic (exact) mass is 298 g/mol. The summed E-state index contributed by atoms with van der Waals surface area (Å²) in [6.07, 6.45) is 10.7. The number of carbonyl (C=O) groups excluding carboxylic acids is 1. The Bertz CT molecular complexity index is 558. The zero-order chi connectivity index (χ0) is 15.7. The van der Waals surface area contributed by atoms with Gasteiger partial charge in [0.25, 0.3) is 0 Å². The van der Waals surface area contributed by atoms with Gasteiger partial charge in [0, 0.05) is 11.0 Å². The SMILES string of the molecule is C=C1C(=C)[C@H]2[C@@H]3CC[C@@H]4CCCC[C@]4(C)[C@H]3CC[C@]2(C)C1=O. The molecule has 6 atom stereocenters. The molecule has 4 saturated carbocycles. The van der Waals surface area contributed by atoms with Crippen LogP contribution in [0.5, 0.6) is 0 Å². The normalized spacial score (nSPS) is 51.3. The Morgan fingerprint density at radius 1 is 1.00 bits per heavy atom. The van der Waals surface area contributed by atoms with E-state index >= 15 is 0 Å². The van der Waals surface area contributed by atoms with Crippen molar-refractivity contribution in [3.8, 4) is 0 Å². The molecule has 0 saturated heterocycles. The highest BCUT2D eigenvalue weighted by molar-refractivity contribution is 6.07. The number of allylic oxidation sites excluding steroid dienone is 2. The van der Waals surface area contributed by atoms with Gasteiger partial charge in [-0.2, -0.15) is 0 Å². The Labute approximate surface area is 135 Å². The lowest BCUT2D eigenvalue weighted by atomic mass is 9.45. The summed E-state index contributed by atoms with van der Waals surface area (Å²) in [7, 11) is 0. The lowest BCUT2D eigenvalue weighted by Crippen LogP contribution is -2.53. The number of rotatable bonds is 0. The molecule has 4 aliphatic carbocycles. The maximum atomic E-state index is 12.7. The van der Waals surface area contributed by atoms with Crippen LogP contribution >= 0.6 is 0 Å². The fraction of sp³-hybridized carbons (Fsp3) is 0.762. The largest absolute Gasteiger partial charge is 0.294 e. The summed E-state index contributed by atoms with van der Waals surface area (Å²) >= 11 is 0. The third-order valence-corrected chi connectivity index (χ3v) is 8.31. The van der Waals surface area contributed by atoms with Crippen molar-refractivity contribution in [2.24, 2.45) is 34.5 Å². The second-order valence-corrected chi connectivity index (χ2v) is 9.06. The first-order valence-electron chi connectivity index (χ1n) is 9.32. The molecule has 22 heavy (non-hydrogen) atoms. The van der Waals surface area contributed by atoms with Crippen LogP contribution in [-0.4, -0.2) is 5.78 Å². The maximum Gasteiger partial charge on any atom is 0.169 e. The molecule has 0 radical (unpaired) electrons. The highest BCUT2D eigenvalue weighted by Crippen LogP contribution is 2.66. The third kappa shape index (κ3) is 1.63. The summed E-state index contributed by atoms with van der Waals surface area (Å²) < 4.78 is 0. The Hall–Kier alpha value is -0.850. The van der Waals surface area contributed by atoms with E-state index in [2.05, 4.69) is 27.0 Å². The fourth-order valence-corrected chi connectivity index (χ4v) is 7.08. The highest BCUT2D eigenvalue weighted by Gasteiger charge is 2.61. The average molecular weight is 298 g/mol. The molecule has 0 unspecified atom stereocenters. The van der Waals surface area contributed by atoms with Crippen LogP contribution in [0.2, 0.25) is 0 Å². The molecule has 0 aliphatic heterocycles. The van der Waals surface area contributed by atoms with E-state index in [9.17, 15) is 4.79 Å². The topological polar surface area (TPSA) is 17.1 Å². The van der Waals surface area contributed by atoms with Crippen LogP contribution in [0.25, 0.3) is 0 Å². The van der Waals surface area contributed by atoms with Crippen molar-refractivity contribution in [1.82, 2.24) is 0 Å². The van der Waals surface area contributed by atoms with E-state index in [1.165, 1.54) is 44.9 Å². The number of carbonyl (C=O) groups is 1. The number of fused-ring (bicyclic) bond motifs is 5. The summed E-state index contributed by atoms with van der Waals surface area (Å²) in [6.45, 7) is 13.2. The van der Waals surface area contributed by atoms with Gasteiger partial charge in [0.1, 0.15) is 0 Å². The molecule has 0 spiro atoms. The van der Waals surface area contributed by atoms with Gasteiger partial charge in [0.15, 0.2) is 5.78 Å². The van der Waals surface area contributed by atoms with E-state index in [1.54, 1.807) is 0 Å². The van der Waals surface area contributed by atoms with Crippen molar-refractivity contribution in [1.29, 1.82) is 0 Å². The van der Waals surface area contributed by atoms with Gasteiger partial charge in [-0.25, -0.2) is 0 Å². The number of ketones is 1. The fourth-order valence-electron chi connectivity index (χ4n) is 7.08. The van der Waals surface area contributed by atoms with Gasteiger partial charge in [0.2, 0.25) is 0 Å². The molecule has 4 rings (SSSR count). The van der Waals surface area contributed by atoms with Crippen LogP contribution < -0.4 is 0 Å². The molecule has 0 heterocycles. The van der Waals surface area contributed by atoms with Crippen LogP contribution in [0, 0.1) is 34.5 Å². The molecule has 1 heteroatoms. The minimum atomic E-state index is -0.187. The minimum absolute atomic E-state index is 0.187. The van der Waals surface area contributed by atoms with Crippen molar-refractivity contribution in [3.63, 3.8) is 0 Å². The van der Waals surface area contributed by atoms with Gasteiger partial charge in [0.05, 0.1) is 0 Å². The van der Waals surface area contributed by atoms with Gasteiger partial charge in [-0.1, -0.05) is 39.8 Å². The third-order valence-electron chi connectivity index (χ3n) is 8.31. The van der Waals surface area contributed by atoms with E-state index in [0.717, 1.165) is 29.4 Å². The van der Waals surface area contributed by atoms with Crippen molar-refractivity contribution in [2.45, 2.75) is 65.2 Å². The molecule has 0 aromatic carbocycles. The van der Waals surface area contributed by atoms with Gasteiger partial charge < -0.3 is 0 Å². The van der Waals surface area contributed by atoms with Gasteiger partial charge in [-0.05, 0) is 73.2 Å². The average Bonchev–Trinajstić information content (AvgIpc) is 2.68. The molecule has 120 valence electrons. The lowest BCUT2D eigenvalue weighted by molar-refractivity contribution is -0.135. The van der Waals surface area contributed by atoms with Crippen molar-refractivity contribution < 1.29 is 4.79 Å². The second kappa shape index (κ2) is 4.58. The van der Waals surface area contributed by atoms with Crippen LogP contribution in [0.3, 0.4) is 0 Å². The Balaban J connectivity index is 1.73. The first kappa shape index (κ1) is 14.7. The molecule has 0 amide bonds. The maximum absolute atomic E-state index is 12.7. The molecular formula is C21H30O. The Morgan fingerprint density at radius 2 is 1.77 bits per heavy atom. The van der Waals surface area contributed by atoms with E-state index in [-0.39, 0.29) is 5.41 Å². The molecule has 0 aromatic heterocycles. The molecule has 4 aliphatic rings. The van der Waals surface area contributed by atoms with E-state index in [1.807, 2.05) is 0 Å². The van der Waals surface area contributed by atoms with Gasteiger partial charge in [-0.3, -0.25) is 4.79 Å². The zero-order valence-corrected chi connectivity index (χ0v) is 14.3. The summed E-state index contributed by atoms with van der Waals surface area (Å²) in [5.74, 6) is 3.09. The summed E-state index contributed by atoms with van der Waals surface area (Å²) in [4.78, 5) is 12.7. The number of hydrogen-bond donors (Lipinski definition) is 0. The standard InChI is InChI=1S/C21H30O/c1-13-14(2)19(22)21(4)12-10-17-16(18(13)21)9-8-15-7-5-6-11-20(15,17)3/h15-18H,1-2,5-12H2,3-4H3/t15-,16+,17-,18-,20-,21-/m0/s1. The summed E-state index contributed by atoms with van der Waals surface area (Å²) in [5, 5.41) is 0. The van der Waals surface area contributed by atoms with E-state index in [0.29, 0.717) is 23.0 Å². The predicted molar refractivity (Wildman–Crippen MR) is 90.4 cm³/mol. The first-order chi connectivity index (χ1) is 10.4. The Kier molecular flexibility index (Phi) is 3.07. The molecule has 0 aromatic rings. The predicted octanol–water partition coefficient (Wildman–Crippen LogP) is 5.32. The van der Waals surface area contributed by atoms with Crippen LogP contribution in [0.15, 0.2) is 24.3 Å². The van der Waals surface area contributed by atoms with Gasteiger partial charge in [-0.15, -0.1) is 0 Å². The number of hydrogen-bond acceptors (Lipinski definition) is 1. The van der Waals surface area contributed by atoms with Crippen molar-refractivity contribution in [2.75, 3.05) is 0 Å². The molecule has 0 N–H and O–H groups in total. The smallest absolute Gasteiger partial charge is 0.169 e. The molecular weight excluding hydrogens is 268 g/mol. The van der Waals surface area contributed by atoms with Crippen molar-refractivity contribution in [3.05, 3.63) is 24.3 Å². The summed E-state index contributed by atoms with van der Waals surface area (Å²) in [6, 6.07) is 0. The van der Waals surface area contributed by atoms with E-state index < -0.39 is 0 Å². The van der Waals surface area contributed by atoms with Crippen LogP contribution in [0.1, 0.15) is 65.2 Å².